The number of aliphatic hydroxyl groups is 1. The van der Waals surface area contributed by atoms with E-state index in [9.17, 15) is 14.7 Å². The van der Waals surface area contributed by atoms with Crippen molar-refractivity contribution < 1.29 is 14.7 Å². The van der Waals surface area contributed by atoms with E-state index in [-0.39, 0.29) is 24.3 Å². The average Bonchev–Trinajstić information content (AvgIpc) is 3.56. The summed E-state index contributed by atoms with van der Waals surface area (Å²) in [5.41, 5.74) is 2.81. The number of fused-ring (bicyclic) bond motifs is 2. The van der Waals surface area contributed by atoms with Gasteiger partial charge in [0, 0.05) is 44.7 Å². The third kappa shape index (κ3) is 3.17. The number of rotatable bonds is 6. The molecule has 0 unspecified atom stereocenters. The summed E-state index contributed by atoms with van der Waals surface area (Å²) < 4.78 is 1.68. The highest BCUT2D eigenvalue weighted by molar-refractivity contribution is 6.06. The van der Waals surface area contributed by atoms with Crippen LogP contribution < -0.4 is 5.32 Å². The SMILES string of the molecule is Cn1cc(-c2cnc3[nH]cc(C(=O)N[C@@H](C(=O)N4C[C@@H]5[C@@H](CO)[C@@H]5C4)C4CC4)c3n2)cn1. The Balaban J connectivity index is 1.22. The third-order valence-corrected chi connectivity index (χ3v) is 7.17. The molecule has 1 aliphatic heterocycles. The zero-order chi connectivity index (χ0) is 22.0. The first-order valence-corrected chi connectivity index (χ1v) is 11.1. The van der Waals surface area contributed by atoms with Crippen molar-refractivity contribution >= 4 is 23.0 Å². The van der Waals surface area contributed by atoms with Crippen molar-refractivity contribution in [2.45, 2.75) is 18.9 Å². The van der Waals surface area contributed by atoms with Crippen molar-refractivity contribution in [3.8, 4) is 11.3 Å². The van der Waals surface area contributed by atoms with Crippen LogP contribution in [0.2, 0.25) is 0 Å². The van der Waals surface area contributed by atoms with E-state index in [1.165, 1.54) is 0 Å². The molecule has 3 aromatic heterocycles. The van der Waals surface area contributed by atoms with Crippen LogP contribution in [0.3, 0.4) is 0 Å². The van der Waals surface area contributed by atoms with Crippen molar-refractivity contribution in [3.63, 3.8) is 0 Å². The lowest BCUT2D eigenvalue weighted by atomic mass is 10.1. The maximum absolute atomic E-state index is 13.2. The van der Waals surface area contributed by atoms with E-state index in [1.807, 2.05) is 18.1 Å². The number of aromatic amines is 1. The molecule has 3 aromatic rings. The number of nitrogens with one attached hydrogen (secondary N) is 2. The molecule has 32 heavy (non-hydrogen) atoms. The number of aryl methyl sites for hydroxylation is 1. The molecular formula is C22H25N7O3. The van der Waals surface area contributed by atoms with Gasteiger partial charge in [-0.15, -0.1) is 0 Å². The normalized spacial score (nSPS) is 25.1. The quantitative estimate of drug-likeness (QED) is 0.519. The molecule has 4 heterocycles. The summed E-state index contributed by atoms with van der Waals surface area (Å²) in [7, 11) is 1.83. The van der Waals surface area contributed by atoms with E-state index in [2.05, 4.69) is 25.4 Å². The predicted molar refractivity (Wildman–Crippen MR) is 114 cm³/mol. The monoisotopic (exact) mass is 435 g/mol. The number of likely N-dealkylation sites (tertiary alicyclic amines) is 1. The Bertz CT molecular complexity index is 1200. The molecule has 6 rings (SSSR count). The smallest absolute Gasteiger partial charge is 0.255 e. The van der Waals surface area contributed by atoms with E-state index in [0.29, 0.717) is 53.3 Å². The van der Waals surface area contributed by atoms with Crippen molar-refractivity contribution in [1.29, 1.82) is 0 Å². The van der Waals surface area contributed by atoms with E-state index >= 15 is 0 Å². The molecular weight excluding hydrogens is 410 g/mol. The molecule has 4 atom stereocenters. The molecule has 0 bridgehead atoms. The maximum Gasteiger partial charge on any atom is 0.255 e. The van der Waals surface area contributed by atoms with Gasteiger partial charge in [-0.3, -0.25) is 14.3 Å². The first kappa shape index (κ1) is 19.4. The highest BCUT2D eigenvalue weighted by Gasteiger charge is 2.57. The van der Waals surface area contributed by atoms with Crippen LogP contribution in [0.4, 0.5) is 0 Å². The topological polar surface area (TPSA) is 129 Å². The van der Waals surface area contributed by atoms with Crippen molar-refractivity contribution in [1.82, 2.24) is 34.9 Å². The second-order valence-electron chi connectivity index (χ2n) is 9.26. The molecule has 3 aliphatic rings. The Morgan fingerprint density at radius 1 is 1.28 bits per heavy atom. The molecule has 0 aromatic carbocycles. The number of amides is 2. The first-order valence-electron chi connectivity index (χ1n) is 11.1. The molecule has 0 radical (unpaired) electrons. The van der Waals surface area contributed by atoms with Gasteiger partial charge in [0.1, 0.15) is 11.6 Å². The molecule has 10 nitrogen and oxygen atoms in total. The Labute approximate surface area is 184 Å². The fourth-order valence-electron chi connectivity index (χ4n) is 5.08. The zero-order valence-electron chi connectivity index (χ0n) is 17.7. The molecule has 2 amide bonds. The van der Waals surface area contributed by atoms with Crippen LogP contribution >= 0.6 is 0 Å². The molecule has 2 saturated carbocycles. The maximum atomic E-state index is 13.2. The zero-order valence-corrected chi connectivity index (χ0v) is 17.7. The standard InChI is InChI=1S/C22H25N7O3/c1-28-7-12(4-25-28)17-6-24-20-19(26-17)13(5-23-20)21(31)27-18(11-2-3-11)22(32)29-8-14-15(9-29)16(14)10-30/h4-7,11,14-16,18,30H,2-3,8-10H2,1H3,(H,23,24)(H,27,31)/t14-,15+,16+,18-/m1/s1. The lowest BCUT2D eigenvalue weighted by Gasteiger charge is -2.26. The van der Waals surface area contributed by atoms with Gasteiger partial charge >= 0.3 is 0 Å². The van der Waals surface area contributed by atoms with Crippen LogP contribution in [-0.2, 0) is 11.8 Å². The average molecular weight is 435 g/mol. The van der Waals surface area contributed by atoms with Crippen LogP contribution in [0.5, 0.6) is 0 Å². The van der Waals surface area contributed by atoms with Gasteiger partial charge < -0.3 is 20.3 Å². The minimum atomic E-state index is -0.521. The minimum absolute atomic E-state index is 0.00767. The fourth-order valence-corrected chi connectivity index (χ4v) is 5.08. The van der Waals surface area contributed by atoms with Gasteiger partial charge in [0.25, 0.3) is 5.91 Å². The number of hydrogen-bond acceptors (Lipinski definition) is 6. The molecule has 166 valence electrons. The number of nitrogens with zero attached hydrogens (tertiary/aromatic N) is 5. The Morgan fingerprint density at radius 2 is 2.06 bits per heavy atom. The number of piperidine rings is 1. The molecule has 0 spiro atoms. The Morgan fingerprint density at radius 3 is 2.72 bits per heavy atom. The summed E-state index contributed by atoms with van der Waals surface area (Å²) in [5, 5.41) is 16.5. The van der Waals surface area contributed by atoms with Gasteiger partial charge in [-0.2, -0.15) is 5.10 Å². The first-order chi connectivity index (χ1) is 15.5. The van der Waals surface area contributed by atoms with Crippen molar-refractivity contribution in [3.05, 3.63) is 30.4 Å². The summed E-state index contributed by atoms with van der Waals surface area (Å²) in [4.78, 5) is 40.3. The molecule has 1 saturated heterocycles. The van der Waals surface area contributed by atoms with Gasteiger partial charge in [0.05, 0.1) is 23.7 Å². The summed E-state index contributed by atoms with van der Waals surface area (Å²) in [6.07, 6.45) is 8.66. The van der Waals surface area contributed by atoms with Gasteiger partial charge in [0.15, 0.2) is 5.65 Å². The number of H-pyrrole nitrogens is 1. The van der Waals surface area contributed by atoms with Crippen LogP contribution in [0.1, 0.15) is 23.2 Å². The van der Waals surface area contributed by atoms with E-state index in [4.69, 9.17) is 0 Å². The largest absolute Gasteiger partial charge is 0.396 e. The van der Waals surface area contributed by atoms with Crippen LogP contribution in [-0.4, -0.2) is 72.3 Å². The van der Waals surface area contributed by atoms with Crippen molar-refractivity contribution in [2.75, 3.05) is 19.7 Å². The summed E-state index contributed by atoms with van der Waals surface area (Å²) in [5.74, 6) is 1.01. The minimum Gasteiger partial charge on any atom is -0.396 e. The summed E-state index contributed by atoms with van der Waals surface area (Å²) in [6, 6.07) is -0.521. The highest BCUT2D eigenvalue weighted by Crippen LogP contribution is 2.51. The predicted octanol–water partition coefficient (Wildman–Crippen LogP) is 0.563. The van der Waals surface area contributed by atoms with Crippen LogP contribution in [0.25, 0.3) is 22.4 Å². The number of aromatic nitrogens is 5. The highest BCUT2D eigenvalue weighted by atomic mass is 16.3. The van der Waals surface area contributed by atoms with Gasteiger partial charge in [-0.1, -0.05) is 0 Å². The van der Waals surface area contributed by atoms with Gasteiger partial charge in [-0.05, 0) is 36.5 Å². The lowest BCUT2D eigenvalue weighted by molar-refractivity contribution is -0.133. The molecule has 3 N–H and O–H groups in total. The summed E-state index contributed by atoms with van der Waals surface area (Å²) >= 11 is 0. The second-order valence-corrected chi connectivity index (χ2v) is 9.26. The van der Waals surface area contributed by atoms with E-state index in [0.717, 1.165) is 18.4 Å². The van der Waals surface area contributed by atoms with E-state index < -0.39 is 6.04 Å². The fraction of sp³-hybridized carbons (Fsp3) is 0.500. The number of carbonyl (C=O) groups is 2. The second kappa shape index (κ2) is 7.13. The molecule has 3 fully saturated rings. The number of hydrogen-bond donors (Lipinski definition) is 3. The van der Waals surface area contributed by atoms with Gasteiger partial charge in [0.2, 0.25) is 5.91 Å². The summed E-state index contributed by atoms with van der Waals surface area (Å²) in [6.45, 7) is 1.56. The number of aliphatic hydroxyl groups excluding tert-OH is 1. The van der Waals surface area contributed by atoms with Gasteiger partial charge in [-0.25, -0.2) is 9.97 Å². The molecule has 2 aliphatic carbocycles. The third-order valence-electron chi connectivity index (χ3n) is 7.17. The molecule has 10 heteroatoms. The number of carbonyl (C=O) groups excluding carboxylic acids is 2. The van der Waals surface area contributed by atoms with E-state index in [1.54, 1.807) is 23.3 Å². The van der Waals surface area contributed by atoms with Crippen molar-refractivity contribution in [2.24, 2.45) is 30.7 Å². The van der Waals surface area contributed by atoms with Crippen LogP contribution in [0.15, 0.2) is 24.8 Å². The Kier molecular flexibility index (Phi) is 4.32. The Hall–Kier alpha value is -3.27. The van der Waals surface area contributed by atoms with Crippen LogP contribution in [0, 0.1) is 23.7 Å². The lowest BCUT2D eigenvalue weighted by Crippen LogP contribution is -2.50.